The standard InChI is InChI=1S/C15H27N5S/c1-12(11-20-6-4-5-7-20)8-18-15(16-3)19-10-14-17-9-13(2)21-14/h9,12H,4-8,10-11H2,1-3H3,(H2,16,18,19). The average molecular weight is 309 g/mol. The van der Waals surface area contributed by atoms with Crippen LogP contribution in [0.25, 0.3) is 0 Å². The van der Waals surface area contributed by atoms with Gasteiger partial charge >= 0.3 is 0 Å². The predicted octanol–water partition coefficient (Wildman–Crippen LogP) is 1.85. The van der Waals surface area contributed by atoms with Crippen molar-refractivity contribution in [2.75, 3.05) is 33.2 Å². The summed E-state index contributed by atoms with van der Waals surface area (Å²) in [5, 5.41) is 7.83. The predicted molar refractivity (Wildman–Crippen MR) is 89.9 cm³/mol. The normalized spacial score (nSPS) is 18.0. The summed E-state index contributed by atoms with van der Waals surface area (Å²) < 4.78 is 0. The van der Waals surface area contributed by atoms with E-state index in [0.717, 1.165) is 24.1 Å². The highest BCUT2D eigenvalue weighted by Gasteiger charge is 2.14. The zero-order valence-electron chi connectivity index (χ0n) is 13.4. The van der Waals surface area contributed by atoms with E-state index in [1.165, 1.54) is 37.4 Å². The second-order valence-corrected chi connectivity index (χ2v) is 7.10. The van der Waals surface area contributed by atoms with Gasteiger partial charge in [-0.1, -0.05) is 6.92 Å². The second kappa shape index (κ2) is 8.34. The van der Waals surface area contributed by atoms with Crippen LogP contribution >= 0.6 is 11.3 Å². The van der Waals surface area contributed by atoms with Gasteiger partial charge in [0.2, 0.25) is 0 Å². The molecule has 1 aliphatic heterocycles. The van der Waals surface area contributed by atoms with Crippen LogP contribution in [0.4, 0.5) is 0 Å². The topological polar surface area (TPSA) is 52.6 Å². The Bertz CT molecular complexity index is 451. The van der Waals surface area contributed by atoms with Crippen LogP contribution in [0.15, 0.2) is 11.2 Å². The number of rotatable bonds is 6. The fraction of sp³-hybridized carbons (Fsp3) is 0.733. The lowest BCUT2D eigenvalue weighted by atomic mass is 10.1. The molecule has 0 radical (unpaired) electrons. The highest BCUT2D eigenvalue weighted by Crippen LogP contribution is 2.11. The number of thiazole rings is 1. The van der Waals surface area contributed by atoms with Gasteiger partial charge in [-0.05, 0) is 38.8 Å². The molecular weight excluding hydrogens is 282 g/mol. The quantitative estimate of drug-likeness (QED) is 0.622. The smallest absolute Gasteiger partial charge is 0.191 e. The molecule has 0 bridgehead atoms. The van der Waals surface area contributed by atoms with Crippen molar-refractivity contribution in [2.45, 2.75) is 33.2 Å². The largest absolute Gasteiger partial charge is 0.356 e. The molecule has 2 N–H and O–H groups in total. The van der Waals surface area contributed by atoms with Crippen molar-refractivity contribution in [3.63, 3.8) is 0 Å². The molecular formula is C15H27N5S. The highest BCUT2D eigenvalue weighted by molar-refractivity contribution is 7.11. The first-order valence-electron chi connectivity index (χ1n) is 7.75. The summed E-state index contributed by atoms with van der Waals surface area (Å²) in [6, 6.07) is 0. The molecule has 1 fully saturated rings. The molecule has 1 unspecified atom stereocenters. The zero-order valence-corrected chi connectivity index (χ0v) is 14.2. The van der Waals surface area contributed by atoms with Crippen molar-refractivity contribution >= 4 is 17.3 Å². The summed E-state index contributed by atoms with van der Waals surface area (Å²) in [4.78, 5) is 12.4. The molecule has 1 aliphatic rings. The number of nitrogens with one attached hydrogen (secondary N) is 2. The molecule has 2 heterocycles. The Morgan fingerprint density at radius 2 is 2.19 bits per heavy atom. The van der Waals surface area contributed by atoms with E-state index in [-0.39, 0.29) is 0 Å². The van der Waals surface area contributed by atoms with Crippen LogP contribution < -0.4 is 10.6 Å². The lowest BCUT2D eigenvalue weighted by Crippen LogP contribution is -2.41. The number of nitrogens with zero attached hydrogens (tertiary/aromatic N) is 3. The third-order valence-corrected chi connectivity index (χ3v) is 4.60. The molecule has 1 saturated heterocycles. The molecule has 1 aromatic rings. The van der Waals surface area contributed by atoms with E-state index >= 15 is 0 Å². The third-order valence-electron chi connectivity index (χ3n) is 3.69. The van der Waals surface area contributed by atoms with Crippen LogP contribution in [0.5, 0.6) is 0 Å². The number of hydrogen-bond acceptors (Lipinski definition) is 4. The van der Waals surface area contributed by atoms with Crippen LogP contribution in [-0.4, -0.2) is 49.1 Å². The number of aliphatic imine (C=N–C) groups is 1. The van der Waals surface area contributed by atoms with Crippen molar-refractivity contribution in [1.82, 2.24) is 20.5 Å². The SMILES string of the molecule is CN=C(NCc1ncc(C)s1)NCC(C)CN1CCCC1. The van der Waals surface area contributed by atoms with E-state index < -0.39 is 0 Å². The van der Waals surface area contributed by atoms with Gasteiger partial charge in [-0.3, -0.25) is 4.99 Å². The lowest BCUT2D eigenvalue weighted by molar-refractivity contribution is 0.287. The van der Waals surface area contributed by atoms with Crippen molar-refractivity contribution in [3.05, 3.63) is 16.1 Å². The molecule has 0 saturated carbocycles. The first kappa shape index (κ1) is 16.2. The van der Waals surface area contributed by atoms with Crippen LogP contribution in [0, 0.1) is 12.8 Å². The number of hydrogen-bond donors (Lipinski definition) is 2. The average Bonchev–Trinajstić information content (AvgIpc) is 3.11. The Morgan fingerprint density at radius 3 is 2.81 bits per heavy atom. The van der Waals surface area contributed by atoms with Crippen molar-refractivity contribution in [1.29, 1.82) is 0 Å². The zero-order chi connectivity index (χ0) is 15.1. The van der Waals surface area contributed by atoms with Crippen LogP contribution in [0.1, 0.15) is 29.7 Å². The van der Waals surface area contributed by atoms with E-state index in [1.54, 1.807) is 11.3 Å². The van der Waals surface area contributed by atoms with Crippen molar-refractivity contribution in [3.8, 4) is 0 Å². The maximum Gasteiger partial charge on any atom is 0.191 e. The molecule has 0 aromatic carbocycles. The van der Waals surface area contributed by atoms with Gasteiger partial charge < -0.3 is 15.5 Å². The first-order chi connectivity index (χ1) is 10.2. The molecule has 1 atom stereocenters. The molecule has 0 amide bonds. The van der Waals surface area contributed by atoms with E-state index in [9.17, 15) is 0 Å². The van der Waals surface area contributed by atoms with Crippen LogP contribution in [-0.2, 0) is 6.54 Å². The summed E-state index contributed by atoms with van der Waals surface area (Å²) >= 11 is 1.72. The number of aromatic nitrogens is 1. The molecule has 6 heteroatoms. The molecule has 118 valence electrons. The molecule has 2 rings (SSSR count). The molecule has 1 aromatic heterocycles. The lowest BCUT2D eigenvalue weighted by Gasteiger charge is -2.21. The Labute approximate surface area is 131 Å². The van der Waals surface area contributed by atoms with Crippen LogP contribution in [0.2, 0.25) is 0 Å². The second-order valence-electron chi connectivity index (χ2n) is 5.78. The van der Waals surface area contributed by atoms with Gasteiger partial charge in [-0.15, -0.1) is 11.3 Å². The number of aryl methyl sites for hydroxylation is 1. The Balaban J connectivity index is 1.67. The van der Waals surface area contributed by atoms with Gasteiger partial charge in [0, 0.05) is 31.2 Å². The van der Waals surface area contributed by atoms with E-state index in [1.807, 2.05) is 13.2 Å². The molecule has 21 heavy (non-hydrogen) atoms. The van der Waals surface area contributed by atoms with E-state index in [4.69, 9.17) is 0 Å². The maximum atomic E-state index is 4.35. The van der Waals surface area contributed by atoms with Crippen molar-refractivity contribution < 1.29 is 0 Å². The fourth-order valence-corrected chi connectivity index (χ4v) is 3.33. The minimum atomic E-state index is 0.628. The Morgan fingerprint density at radius 1 is 1.43 bits per heavy atom. The van der Waals surface area contributed by atoms with Gasteiger partial charge in [0.1, 0.15) is 5.01 Å². The van der Waals surface area contributed by atoms with E-state index in [0.29, 0.717) is 5.92 Å². The number of likely N-dealkylation sites (tertiary alicyclic amines) is 1. The van der Waals surface area contributed by atoms with Gasteiger partial charge in [-0.25, -0.2) is 4.98 Å². The fourth-order valence-electron chi connectivity index (χ4n) is 2.60. The molecule has 5 nitrogen and oxygen atoms in total. The summed E-state index contributed by atoms with van der Waals surface area (Å²) in [5.41, 5.74) is 0. The minimum Gasteiger partial charge on any atom is -0.356 e. The van der Waals surface area contributed by atoms with Gasteiger partial charge in [0.15, 0.2) is 5.96 Å². The third kappa shape index (κ3) is 5.63. The van der Waals surface area contributed by atoms with Gasteiger partial charge in [-0.2, -0.15) is 0 Å². The first-order valence-corrected chi connectivity index (χ1v) is 8.57. The maximum absolute atomic E-state index is 4.35. The van der Waals surface area contributed by atoms with Gasteiger partial charge in [0.05, 0.1) is 6.54 Å². The monoisotopic (exact) mass is 309 g/mol. The summed E-state index contributed by atoms with van der Waals surface area (Å²) in [6.45, 7) is 9.76. The van der Waals surface area contributed by atoms with E-state index in [2.05, 4.69) is 39.4 Å². The highest BCUT2D eigenvalue weighted by atomic mass is 32.1. The summed E-state index contributed by atoms with van der Waals surface area (Å²) in [7, 11) is 1.81. The molecule has 0 spiro atoms. The minimum absolute atomic E-state index is 0.628. The number of guanidine groups is 1. The molecule has 0 aliphatic carbocycles. The van der Waals surface area contributed by atoms with Gasteiger partial charge in [0.25, 0.3) is 0 Å². The Kier molecular flexibility index (Phi) is 6.45. The summed E-state index contributed by atoms with van der Waals surface area (Å²) in [5.74, 6) is 1.49. The Hall–Kier alpha value is -1.14. The van der Waals surface area contributed by atoms with Crippen LogP contribution in [0.3, 0.4) is 0 Å². The van der Waals surface area contributed by atoms with Crippen molar-refractivity contribution in [2.24, 2.45) is 10.9 Å². The summed E-state index contributed by atoms with van der Waals surface area (Å²) in [6.07, 6.45) is 4.63.